The standard InChI is InChI=1S/C24H40N4O7.C18H31N5O5.CH4/c1-15(26-23(32)35-24(3,4)5)25-19-12-17(22(30)31)13-20(21(19)27-16(2)29)28-9-7-8-18(14-28)34-11-10-33-6;1-11(24)21-16-14(22-18(19)20)8-12(17(25)26)9-15(16)23-5-3-4-13(10-23)28-7-6-27-2;/h13,18-21H,7-12,14H2,1-6H3,(H,27,29)(H,30,31)(H,25,26,32);9,13-16H,3-8,10H2,1-2H3,(H,21,24)(H,25,26)(H4,19,20,22);1H4/t18-,19+,20-,21-;13-,14+,15-,16-;/m11./s1. The van der Waals surface area contributed by atoms with Gasteiger partial charge in [0.1, 0.15) is 11.4 Å². The number of amidine groups is 1. The number of hydrogen-bond donors (Lipinski definition) is 7. The van der Waals surface area contributed by atoms with Crippen LogP contribution in [0, 0.1) is 0 Å². The van der Waals surface area contributed by atoms with E-state index in [0.717, 1.165) is 38.8 Å². The summed E-state index contributed by atoms with van der Waals surface area (Å²) in [5.74, 6) is -2.35. The largest absolute Gasteiger partial charge is 0.478 e. The highest BCUT2D eigenvalue weighted by atomic mass is 16.6. The molecule has 0 radical (unpaired) electrons. The van der Waals surface area contributed by atoms with Crippen LogP contribution in [0.4, 0.5) is 4.79 Å². The van der Waals surface area contributed by atoms with Crippen molar-refractivity contribution in [2.45, 2.75) is 142 Å². The number of nitrogens with zero attached hydrogens (tertiary/aromatic N) is 4. The molecule has 0 aromatic heterocycles. The molecule has 2 saturated heterocycles. The second kappa shape index (κ2) is 27.0. The fourth-order valence-corrected chi connectivity index (χ4v) is 8.25. The Labute approximate surface area is 377 Å². The molecular formula is C43H75N9O12. The number of carboxylic acids is 2. The minimum atomic E-state index is -1.03. The van der Waals surface area contributed by atoms with Crippen molar-refractivity contribution in [2.75, 3.05) is 66.8 Å². The number of amides is 3. The highest BCUT2D eigenvalue weighted by Gasteiger charge is 2.42. The molecule has 9 N–H and O–H groups in total. The molecule has 0 aromatic carbocycles. The second-order valence-electron chi connectivity index (χ2n) is 17.1. The number of carbonyl (C=O) groups excluding carboxylic acids is 3. The van der Waals surface area contributed by atoms with Gasteiger partial charge < -0.3 is 56.0 Å². The summed E-state index contributed by atoms with van der Waals surface area (Å²) in [6, 6.07) is -2.79. The lowest BCUT2D eigenvalue weighted by molar-refractivity contribution is -0.134. The van der Waals surface area contributed by atoms with E-state index < -0.39 is 53.8 Å². The van der Waals surface area contributed by atoms with Crippen LogP contribution in [0.3, 0.4) is 0 Å². The predicted octanol–water partition coefficient (Wildman–Crippen LogP) is 1.39. The summed E-state index contributed by atoms with van der Waals surface area (Å²) < 4.78 is 27.2. The number of likely N-dealkylation sites (tertiary alicyclic amines) is 2. The number of rotatable bonds is 16. The van der Waals surface area contributed by atoms with Gasteiger partial charge in [-0.15, -0.1) is 0 Å². The Morgan fingerprint density at radius 1 is 0.734 bits per heavy atom. The number of ether oxygens (including phenoxy) is 5. The van der Waals surface area contributed by atoms with Gasteiger partial charge in [-0.3, -0.25) is 29.7 Å². The van der Waals surface area contributed by atoms with Crippen molar-refractivity contribution in [2.24, 2.45) is 21.5 Å². The fourth-order valence-electron chi connectivity index (χ4n) is 8.25. The minimum absolute atomic E-state index is 0. The number of guanidine groups is 1. The summed E-state index contributed by atoms with van der Waals surface area (Å²) in [6.45, 7) is 14.5. The maximum atomic E-state index is 12.2. The summed E-state index contributed by atoms with van der Waals surface area (Å²) in [4.78, 5) is 72.8. The normalized spacial score (nSPS) is 26.6. The summed E-state index contributed by atoms with van der Waals surface area (Å²) in [6.07, 6.45) is 6.64. The SMILES string of the molecule is C.COCCO[C@@H]1CCCN([C@@H]2C=C(C(=O)O)C[C@H](N=C(C)NC(=O)OC(C)(C)C)[C@H]2NC(C)=O)C1.COCCO[C@@H]1CCCN([C@@H]2C=C(C(=O)O)C[C@H](N=C(N)N)[C@H]2NC(C)=O)C1. The van der Waals surface area contributed by atoms with E-state index in [1.54, 1.807) is 54.1 Å². The lowest BCUT2D eigenvalue weighted by Gasteiger charge is -2.44. The van der Waals surface area contributed by atoms with E-state index in [1.165, 1.54) is 13.8 Å². The third-order valence-corrected chi connectivity index (χ3v) is 10.8. The summed E-state index contributed by atoms with van der Waals surface area (Å²) in [5, 5.41) is 27.8. The molecule has 0 bridgehead atoms. The number of nitrogens with one attached hydrogen (secondary N) is 3. The van der Waals surface area contributed by atoms with Gasteiger partial charge in [-0.2, -0.15) is 0 Å². The average molecular weight is 910 g/mol. The fraction of sp³-hybridized carbons (Fsp3) is 0.744. The zero-order valence-corrected chi connectivity index (χ0v) is 38.1. The van der Waals surface area contributed by atoms with Gasteiger partial charge in [-0.25, -0.2) is 19.4 Å². The Morgan fingerprint density at radius 3 is 1.52 bits per heavy atom. The van der Waals surface area contributed by atoms with E-state index in [4.69, 9.17) is 35.2 Å². The van der Waals surface area contributed by atoms with Gasteiger partial charge in [0.25, 0.3) is 0 Å². The molecule has 0 saturated carbocycles. The molecule has 2 fully saturated rings. The van der Waals surface area contributed by atoms with Gasteiger partial charge in [-0.1, -0.05) is 19.6 Å². The van der Waals surface area contributed by atoms with E-state index in [9.17, 15) is 34.2 Å². The Hall–Kier alpha value is -4.67. The Bertz CT molecular complexity index is 1680. The summed E-state index contributed by atoms with van der Waals surface area (Å²) >= 11 is 0. The first-order valence-electron chi connectivity index (χ1n) is 21.5. The van der Waals surface area contributed by atoms with Gasteiger partial charge in [0, 0.05) is 65.1 Å². The van der Waals surface area contributed by atoms with Crippen molar-refractivity contribution in [3.8, 4) is 0 Å². The number of carbonyl (C=O) groups is 5. The van der Waals surface area contributed by atoms with E-state index in [1.807, 2.05) is 0 Å². The molecule has 64 heavy (non-hydrogen) atoms. The molecule has 8 atom stereocenters. The van der Waals surface area contributed by atoms with Crippen LogP contribution >= 0.6 is 0 Å². The van der Waals surface area contributed by atoms with Crippen molar-refractivity contribution < 1.29 is 57.9 Å². The number of piperidine rings is 2. The van der Waals surface area contributed by atoms with Crippen molar-refractivity contribution >= 4 is 41.6 Å². The number of methoxy groups -OCH3 is 2. The van der Waals surface area contributed by atoms with Crippen LogP contribution in [0.5, 0.6) is 0 Å². The van der Waals surface area contributed by atoms with Crippen molar-refractivity contribution in [1.82, 2.24) is 25.8 Å². The molecule has 3 amide bonds. The van der Waals surface area contributed by atoms with Crippen LogP contribution in [-0.2, 0) is 42.9 Å². The van der Waals surface area contributed by atoms with Gasteiger partial charge in [0.05, 0.1) is 74.9 Å². The van der Waals surface area contributed by atoms with Crippen LogP contribution < -0.4 is 27.4 Å². The van der Waals surface area contributed by atoms with Crippen LogP contribution in [0.15, 0.2) is 33.3 Å². The quantitative estimate of drug-likeness (QED) is 0.0654. The first kappa shape index (κ1) is 55.5. The van der Waals surface area contributed by atoms with E-state index in [0.29, 0.717) is 39.5 Å². The zero-order valence-electron chi connectivity index (χ0n) is 38.1. The van der Waals surface area contributed by atoms with Crippen LogP contribution in [0.1, 0.15) is 87.5 Å². The maximum absolute atomic E-state index is 12.2. The zero-order chi connectivity index (χ0) is 46.9. The van der Waals surface area contributed by atoms with Crippen molar-refractivity contribution in [3.05, 3.63) is 23.3 Å². The first-order valence-corrected chi connectivity index (χ1v) is 21.5. The molecule has 4 rings (SSSR count). The van der Waals surface area contributed by atoms with E-state index in [-0.39, 0.29) is 73.3 Å². The Balaban J connectivity index is 0.000000444. The average Bonchev–Trinajstić information content (AvgIpc) is 3.18. The third-order valence-electron chi connectivity index (χ3n) is 10.8. The van der Waals surface area contributed by atoms with Gasteiger partial charge in [0.15, 0.2) is 5.96 Å². The van der Waals surface area contributed by atoms with Crippen LogP contribution in [0.2, 0.25) is 0 Å². The molecule has 0 aromatic rings. The highest BCUT2D eigenvalue weighted by Crippen LogP contribution is 2.30. The number of alkyl carbamates (subject to hydrolysis) is 1. The van der Waals surface area contributed by atoms with Crippen LogP contribution in [0.25, 0.3) is 0 Å². The highest BCUT2D eigenvalue weighted by molar-refractivity contribution is 5.94. The van der Waals surface area contributed by atoms with Crippen molar-refractivity contribution in [3.63, 3.8) is 0 Å². The predicted molar refractivity (Wildman–Crippen MR) is 241 cm³/mol. The molecule has 2 heterocycles. The number of aliphatic imine (C=N–C) groups is 2. The molecule has 2 aliphatic carbocycles. The maximum Gasteiger partial charge on any atom is 0.413 e. The van der Waals surface area contributed by atoms with Crippen LogP contribution in [-0.4, -0.2) is 183 Å². The number of hydrogen-bond acceptors (Lipinski definition) is 14. The molecule has 21 nitrogen and oxygen atoms in total. The molecular weight excluding hydrogens is 835 g/mol. The molecule has 21 heteroatoms. The summed E-state index contributed by atoms with van der Waals surface area (Å²) in [5.41, 5.74) is 10.9. The second-order valence-corrected chi connectivity index (χ2v) is 17.1. The molecule has 364 valence electrons. The van der Waals surface area contributed by atoms with Gasteiger partial charge in [-0.05, 0) is 66.5 Å². The number of aliphatic carboxylic acids is 2. The van der Waals surface area contributed by atoms with Crippen molar-refractivity contribution in [1.29, 1.82) is 0 Å². The lowest BCUT2D eigenvalue weighted by Crippen LogP contribution is -2.60. The monoisotopic (exact) mass is 910 g/mol. The third kappa shape index (κ3) is 18.8. The topological polar surface area (TPSA) is 291 Å². The number of nitrogens with two attached hydrogens (primary N) is 2. The number of carboxylic acid groups (broad SMARTS) is 2. The van der Waals surface area contributed by atoms with E-state index >= 15 is 0 Å². The first-order chi connectivity index (χ1) is 29.7. The van der Waals surface area contributed by atoms with Gasteiger partial charge in [0.2, 0.25) is 11.8 Å². The smallest absolute Gasteiger partial charge is 0.413 e. The molecule has 0 unspecified atom stereocenters. The van der Waals surface area contributed by atoms with E-state index in [2.05, 4.69) is 35.7 Å². The Kier molecular flexibility index (Phi) is 23.4. The lowest BCUT2D eigenvalue weighted by atomic mass is 9.84. The van der Waals surface area contributed by atoms with Gasteiger partial charge >= 0.3 is 18.0 Å². The molecule has 2 aliphatic heterocycles. The summed E-state index contributed by atoms with van der Waals surface area (Å²) in [7, 11) is 3.24. The Morgan fingerprint density at radius 2 is 1.16 bits per heavy atom. The molecule has 4 aliphatic rings. The minimum Gasteiger partial charge on any atom is -0.478 e. The molecule has 0 spiro atoms.